The van der Waals surface area contributed by atoms with Gasteiger partial charge < -0.3 is 15.5 Å². The predicted molar refractivity (Wildman–Crippen MR) is 78.5 cm³/mol. The maximum atomic E-state index is 12.3. The van der Waals surface area contributed by atoms with E-state index in [4.69, 9.17) is 5.73 Å². The van der Waals surface area contributed by atoms with Gasteiger partial charge in [-0.3, -0.25) is 4.79 Å². The number of anilines is 1. The van der Waals surface area contributed by atoms with Crippen LogP contribution in [0.2, 0.25) is 0 Å². The number of benzene rings is 1. The Labute approximate surface area is 115 Å². The summed E-state index contributed by atoms with van der Waals surface area (Å²) in [6.07, 6.45) is 2.05. The molecule has 2 N–H and O–H groups in total. The first kappa shape index (κ1) is 13.9. The molecular formula is C15H23N3O. The van der Waals surface area contributed by atoms with Crippen LogP contribution in [0.1, 0.15) is 30.1 Å². The van der Waals surface area contributed by atoms with Crippen LogP contribution in [0.3, 0.4) is 0 Å². The van der Waals surface area contributed by atoms with Crippen molar-refractivity contribution in [3.63, 3.8) is 0 Å². The van der Waals surface area contributed by atoms with Crippen LogP contribution in [0, 0.1) is 0 Å². The van der Waals surface area contributed by atoms with Gasteiger partial charge in [0.15, 0.2) is 0 Å². The van der Waals surface area contributed by atoms with Crippen LogP contribution in [-0.4, -0.2) is 43.5 Å². The number of likely N-dealkylation sites (tertiary alicyclic amines) is 1. The number of hydrogen-bond acceptors (Lipinski definition) is 3. The predicted octanol–water partition coefficient (Wildman–Crippen LogP) is 1.71. The Morgan fingerprint density at radius 3 is 2.37 bits per heavy atom. The molecule has 0 aromatic heterocycles. The zero-order chi connectivity index (χ0) is 14.0. The Hall–Kier alpha value is -1.55. The van der Waals surface area contributed by atoms with Gasteiger partial charge in [0.1, 0.15) is 0 Å². The van der Waals surface area contributed by atoms with Gasteiger partial charge in [-0.2, -0.15) is 0 Å². The summed E-state index contributed by atoms with van der Waals surface area (Å²) in [5.74, 6) is 0.0856. The Balaban J connectivity index is 1.98. The van der Waals surface area contributed by atoms with Gasteiger partial charge in [-0.1, -0.05) is 13.3 Å². The van der Waals surface area contributed by atoms with Crippen molar-refractivity contribution in [2.24, 2.45) is 5.73 Å². The molecule has 1 saturated heterocycles. The molecule has 0 atom stereocenters. The van der Waals surface area contributed by atoms with Crippen LogP contribution in [0.5, 0.6) is 0 Å². The van der Waals surface area contributed by atoms with Gasteiger partial charge >= 0.3 is 0 Å². The van der Waals surface area contributed by atoms with Crippen molar-refractivity contribution in [1.82, 2.24) is 4.90 Å². The number of rotatable bonds is 4. The third-order valence-electron chi connectivity index (χ3n) is 3.68. The second-order valence-electron chi connectivity index (χ2n) is 5.71. The summed E-state index contributed by atoms with van der Waals surface area (Å²) in [6.45, 7) is 3.48. The summed E-state index contributed by atoms with van der Waals surface area (Å²) in [7, 11) is 3.97. The van der Waals surface area contributed by atoms with E-state index in [1.54, 1.807) is 0 Å². The fourth-order valence-electron chi connectivity index (χ4n) is 2.60. The van der Waals surface area contributed by atoms with Gasteiger partial charge in [-0.05, 0) is 30.7 Å². The Morgan fingerprint density at radius 1 is 1.32 bits per heavy atom. The molecule has 4 heteroatoms. The second-order valence-corrected chi connectivity index (χ2v) is 5.71. The fraction of sp³-hybridized carbons (Fsp3) is 0.533. The lowest BCUT2D eigenvalue weighted by molar-refractivity contribution is 0.0386. The van der Waals surface area contributed by atoms with Crippen molar-refractivity contribution in [2.45, 2.75) is 25.3 Å². The van der Waals surface area contributed by atoms with Gasteiger partial charge in [-0.25, -0.2) is 0 Å². The highest BCUT2D eigenvalue weighted by Gasteiger charge is 2.41. The van der Waals surface area contributed by atoms with Crippen molar-refractivity contribution in [3.8, 4) is 0 Å². The number of hydrogen-bond donors (Lipinski definition) is 1. The Bertz CT molecular complexity index is 447. The highest BCUT2D eigenvalue weighted by molar-refractivity contribution is 5.95. The summed E-state index contributed by atoms with van der Waals surface area (Å²) < 4.78 is 0. The molecular weight excluding hydrogens is 238 g/mol. The van der Waals surface area contributed by atoms with E-state index in [0.29, 0.717) is 13.1 Å². The number of amides is 1. The fourth-order valence-corrected chi connectivity index (χ4v) is 2.60. The van der Waals surface area contributed by atoms with Gasteiger partial charge in [0.2, 0.25) is 0 Å². The molecule has 104 valence electrons. The number of nitrogens with zero attached hydrogens (tertiary/aromatic N) is 2. The van der Waals surface area contributed by atoms with E-state index in [1.807, 2.05) is 48.2 Å². The average molecular weight is 261 g/mol. The first-order valence-electron chi connectivity index (χ1n) is 6.81. The van der Waals surface area contributed by atoms with Crippen molar-refractivity contribution in [3.05, 3.63) is 29.8 Å². The monoisotopic (exact) mass is 261 g/mol. The van der Waals surface area contributed by atoms with E-state index in [2.05, 4.69) is 6.92 Å². The van der Waals surface area contributed by atoms with Crippen molar-refractivity contribution in [1.29, 1.82) is 0 Å². The van der Waals surface area contributed by atoms with E-state index in [1.165, 1.54) is 0 Å². The van der Waals surface area contributed by atoms with Gasteiger partial charge in [0.25, 0.3) is 5.91 Å². The largest absolute Gasteiger partial charge is 0.378 e. The van der Waals surface area contributed by atoms with E-state index in [9.17, 15) is 4.79 Å². The molecule has 1 amide bonds. The highest BCUT2D eigenvalue weighted by atomic mass is 16.2. The molecule has 1 heterocycles. The van der Waals surface area contributed by atoms with Crippen LogP contribution < -0.4 is 10.6 Å². The lowest BCUT2D eigenvalue weighted by Crippen LogP contribution is -2.68. The van der Waals surface area contributed by atoms with Crippen LogP contribution in [0.15, 0.2) is 24.3 Å². The maximum Gasteiger partial charge on any atom is 0.253 e. The molecule has 19 heavy (non-hydrogen) atoms. The molecule has 0 bridgehead atoms. The minimum atomic E-state index is -0.159. The van der Waals surface area contributed by atoms with Gasteiger partial charge in [0.05, 0.1) is 5.54 Å². The quantitative estimate of drug-likeness (QED) is 0.897. The Kier molecular flexibility index (Phi) is 3.80. The number of nitrogens with two attached hydrogens (primary N) is 1. The normalized spacial score (nSPS) is 16.9. The summed E-state index contributed by atoms with van der Waals surface area (Å²) in [5.41, 5.74) is 7.86. The standard InChI is InChI=1S/C15H23N3O/c1-4-9-15(16)10-18(11-15)14(19)12-5-7-13(8-6-12)17(2)3/h5-8H,4,9-11,16H2,1-3H3. The third-order valence-corrected chi connectivity index (χ3v) is 3.68. The lowest BCUT2D eigenvalue weighted by Gasteiger charge is -2.47. The molecule has 2 rings (SSSR count). The molecule has 0 radical (unpaired) electrons. The van der Waals surface area contributed by atoms with Crippen LogP contribution in [0.4, 0.5) is 5.69 Å². The zero-order valence-electron chi connectivity index (χ0n) is 12.0. The van der Waals surface area contributed by atoms with Crippen LogP contribution in [0.25, 0.3) is 0 Å². The van der Waals surface area contributed by atoms with E-state index in [-0.39, 0.29) is 11.4 Å². The number of carbonyl (C=O) groups excluding carboxylic acids is 1. The number of carbonyl (C=O) groups is 1. The summed E-state index contributed by atoms with van der Waals surface area (Å²) in [5, 5.41) is 0. The molecule has 0 aliphatic carbocycles. The van der Waals surface area contributed by atoms with Crippen molar-refractivity contribution < 1.29 is 4.79 Å². The second kappa shape index (κ2) is 5.21. The van der Waals surface area contributed by atoms with Gasteiger partial charge in [0, 0.05) is 38.4 Å². The molecule has 1 aliphatic heterocycles. The third kappa shape index (κ3) is 2.89. The molecule has 0 unspecified atom stereocenters. The van der Waals surface area contributed by atoms with E-state index in [0.717, 1.165) is 24.1 Å². The molecule has 1 aliphatic rings. The van der Waals surface area contributed by atoms with Crippen LogP contribution in [-0.2, 0) is 0 Å². The van der Waals surface area contributed by atoms with Crippen LogP contribution >= 0.6 is 0 Å². The van der Waals surface area contributed by atoms with E-state index >= 15 is 0 Å². The molecule has 1 aromatic carbocycles. The lowest BCUT2D eigenvalue weighted by atomic mass is 9.86. The first-order valence-corrected chi connectivity index (χ1v) is 6.81. The summed E-state index contributed by atoms with van der Waals surface area (Å²) in [6, 6.07) is 7.70. The Morgan fingerprint density at radius 2 is 1.89 bits per heavy atom. The molecule has 1 aromatic rings. The zero-order valence-corrected chi connectivity index (χ0v) is 12.0. The molecule has 0 spiro atoms. The summed E-state index contributed by atoms with van der Waals surface area (Å²) >= 11 is 0. The minimum Gasteiger partial charge on any atom is -0.378 e. The smallest absolute Gasteiger partial charge is 0.253 e. The van der Waals surface area contributed by atoms with Gasteiger partial charge in [-0.15, -0.1) is 0 Å². The van der Waals surface area contributed by atoms with E-state index < -0.39 is 0 Å². The topological polar surface area (TPSA) is 49.6 Å². The first-order chi connectivity index (χ1) is 8.95. The molecule has 1 fully saturated rings. The highest BCUT2D eigenvalue weighted by Crippen LogP contribution is 2.25. The van der Waals surface area contributed by atoms with Crippen molar-refractivity contribution in [2.75, 3.05) is 32.1 Å². The average Bonchev–Trinajstić information content (AvgIpc) is 2.35. The maximum absolute atomic E-state index is 12.3. The van der Waals surface area contributed by atoms with Crippen molar-refractivity contribution >= 4 is 11.6 Å². The summed E-state index contributed by atoms with van der Waals surface area (Å²) in [4.78, 5) is 16.1. The molecule has 4 nitrogen and oxygen atoms in total. The minimum absolute atomic E-state index is 0.0856. The molecule has 0 saturated carbocycles. The SMILES string of the molecule is CCCC1(N)CN(C(=O)c2ccc(N(C)C)cc2)C1.